The first-order valence-corrected chi connectivity index (χ1v) is 5.52. The molecule has 0 radical (unpaired) electrons. The maximum absolute atomic E-state index is 11.0. The summed E-state index contributed by atoms with van der Waals surface area (Å²) >= 11 is 5.37. The van der Waals surface area contributed by atoms with Crippen LogP contribution in [0.25, 0.3) is 5.57 Å². The fourth-order valence-corrected chi connectivity index (χ4v) is 1.73. The fraction of sp³-hybridized carbons (Fsp3) is 0.250. The summed E-state index contributed by atoms with van der Waals surface area (Å²) in [7, 11) is 1.62. The van der Waals surface area contributed by atoms with Crippen molar-refractivity contribution in [1.82, 2.24) is 5.06 Å². The second-order valence-corrected chi connectivity index (χ2v) is 3.87. The zero-order valence-electron chi connectivity index (χ0n) is 9.35. The van der Waals surface area contributed by atoms with E-state index in [9.17, 15) is 4.79 Å². The van der Waals surface area contributed by atoms with Crippen molar-refractivity contribution in [3.63, 3.8) is 0 Å². The molecule has 1 amide bonds. The highest BCUT2D eigenvalue weighted by molar-refractivity contribution is 6.62. The lowest BCUT2D eigenvalue weighted by Gasteiger charge is -2.24. The largest absolute Gasteiger partial charge is 0.497 e. The third-order valence-electron chi connectivity index (χ3n) is 2.53. The van der Waals surface area contributed by atoms with E-state index in [1.54, 1.807) is 7.11 Å². The Kier molecular flexibility index (Phi) is 3.66. The van der Waals surface area contributed by atoms with E-state index < -0.39 is 5.37 Å². The first-order valence-electron chi connectivity index (χ1n) is 5.14. The van der Waals surface area contributed by atoms with E-state index in [2.05, 4.69) is 0 Å². The Labute approximate surface area is 104 Å². The van der Waals surface area contributed by atoms with Crippen LogP contribution >= 0.6 is 11.6 Å². The first-order chi connectivity index (χ1) is 8.20. The van der Waals surface area contributed by atoms with Gasteiger partial charge in [0, 0.05) is 0 Å². The highest BCUT2D eigenvalue weighted by Gasteiger charge is 2.18. The van der Waals surface area contributed by atoms with Crippen molar-refractivity contribution in [2.45, 2.75) is 0 Å². The van der Waals surface area contributed by atoms with Crippen molar-refractivity contribution >= 4 is 22.5 Å². The standard InChI is InChI=1S/C12H12ClNO3/c1-16-11-4-2-9(3-5-11)10-6-7-17-14(8-10)12(13)15/h2-6H,7-8H2,1H3. The molecule has 0 atom stereocenters. The van der Waals surface area contributed by atoms with Crippen molar-refractivity contribution in [1.29, 1.82) is 0 Å². The molecule has 2 rings (SSSR count). The summed E-state index contributed by atoms with van der Waals surface area (Å²) in [4.78, 5) is 16.1. The Morgan fingerprint density at radius 3 is 2.71 bits per heavy atom. The summed E-state index contributed by atoms with van der Waals surface area (Å²) in [6, 6.07) is 7.62. The molecule has 1 aliphatic rings. The number of benzene rings is 1. The van der Waals surface area contributed by atoms with Gasteiger partial charge in [0.15, 0.2) is 0 Å². The molecule has 90 valence electrons. The Morgan fingerprint density at radius 2 is 2.12 bits per heavy atom. The van der Waals surface area contributed by atoms with Crippen LogP contribution in [0.3, 0.4) is 0 Å². The topological polar surface area (TPSA) is 38.8 Å². The Bertz CT molecular complexity index is 442. The number of hydroxylamine groups is 2. The van der Waals surface area contributed by atoms with Crippen LogP contribution in [-0.2, 0) is 4.84 Å². The normalized spacial score (nSPS) is 15.4. The lowest BCUT2D eigenvalue weighted by molar-refractivity contribution is -0.0924. The molecule has 0 aromatic heterocycles. The van der Waals surface area contributed by atoms with Crippen LogP contribution in [0.4, 0.5) is 4.79 Å². The molecule has 0 N–H and O–H groups in total. The minimum Gasteiger partial charge on any atom is -0.497 e. The fourth-order valence-electron chi connectivity index (χ4n) is 1.62. The molecule has 0 fully saturated rings. The Morgan fingerprint density at radius 1 is 1.41 bits per heavy atom. The predicted molar refractivity (Wildman–Crippen MR) is 64.9 cm³/mol. The molecule has 0 aliphatic carbocycles. The van der Waals surface area contributed by atoms with Crippen molar-refractivity contribution in [3.05, 3.63) is 35.9 Å². The summed E-state index contributed by atoms with van der Waals surface area (Å²) in [5.74, 6) is 0.798. The molecule has 0 spiro atoms. The number of carbonyl (C=O) groups excluding carboxylic acids is 1. The smallest absolute Gasteiger partial charge is 0.340 e. The van der Waals surface area contributed by atoms with Crippen molar-refractivity contribution in [3.8, 4) is 5.75 Å². The number of carbonyl (C=O) groups is 1. The van der Waals surface area contributed by atoms with E-state index in [-0.39, 0.29) is 0 Å². The molecule has 1 aromatic carbocycles. The third kappa shape index (κ3) is 2.78. The van der Waals surface area contributed by atoms with Crippen LogP contribution in [0.5, 0.6) is 5.75 Å². The van der Waals surface area contributed by atoms with Crippen LogP contribution in [-0.4, -0.2) is 30.7 Å². The monoisotopic (exact) mass is 253 g/mol. The lowest BCUT2D eigenvalue weighted by Crippen LogP contribution is -2.31. The third-order valence-corrected chi connectivity index (χ3v) is 2.72. The minimum atomic E-state index is -0.607. The number of hydrogen-bond donors (Lipinski definition) is 0. The molecule has 1 aliphatic heterocycles. The highest BCUT2D eigenvalue weighted by Crippen LogP contribution is 2.22. The molecular weight excluding hydrogens is 242 g/mol. The molecule has 0 unspecified atom stereocenters. The summed E-state index contributed by atoms with van der Waals surface area (Å²) < 4.78 is 5.09. The van der Waals surface area contributed by atoms with Crippen molar-refractivity contribution in [2.75, 3.05) is 20.3 Å². The Balaban J connectivity index is 2.16. The van der Waals surface area contributed by atoms with E-state index in [1.807, 2.05) is 30.3 Å². The minimum absolute atomic E-state index is 0.347. The molecule has 0 saturated heterocycles. The zero-order chi connectivity index (χ0) is 12.3. The SMILES string of the molecule is COc1ccc(C2=CCON(C(=O)Cl)C2)cc1. The second-order valence-electron chi connectivity index (χ2n) is 3.54. The number of amides is 1. The first kappa shape index (κ1) is 12.0. The van der Waals surface area contributed by atoms with E-state index in [4.69, 9.17) is 21.2 Å². The number of ether oxygens (including phenoxy) is 1. The average Bonchev–Trinajstić information content (AvgIpc) is 2.39. The van der Waals surface area contributed by atoms with Crippen LogP contribution < -0.4 is 4.74 Å². The van der Waals surface area contributed by atoms with E-state index in [0.717, 1.165) is 21.9 Å². The van der Waals surface area contributed by atoms with Crippen LogP contribution in [0.15, 0.2) is 30.3 Å². The van der Waals surface area contributed by atoms with Gasteiger partial charge in [0.1, 0.15) is 5.75 Å². The van der Waals surface area contributed by atoms with Gasteiger partial charge >= 0.3 is 5.37 Å². The maximum Gasteiger partial charge on any atom is 0.340 e. The Hall–Kier alpha value is -1.52. The van der Waals surface area contributed by atoms with Gasteiger partial charge in [-0.2, -0.15) is 0 Å². The predicted octanol–water partition coefficient (Wildman–Crippen LogP) is 2.68. The number of hydrogen-bond acceptors (Lipinski definition) is 3. The number of methoxy groups -OCH3 is 1. The molecule has 0 saturated carbocycles. The van der Waals surface area contributed by atoms with Gasteiger partial charge in [-0.1, -0.05) is 18.2 Å². The molecule has 0 bridgehead atoms. The summed E-state index contributed by atoms with van der Waals surface area (Å²) in [6.07, 6.45) is 1.93. The van der Waals surface area contributed by atoms with Gasteiger partial charge in [0.05, 0.1) is 20.3 Å². The van der Waals surface area contributed by atoms with Gasteiger partial charge in [-0.15, -0.1) is 0 Å². The van der Waals surface area contributed by atoms with Gasteiger partial charge < -0.3 is 4.74 Å². The van der Waals surface area contributed by atoms with Gasteiger partial charge in [0.25, 0.3) is 0 Å². The van der Waals surface area contributed by atoms with Gasteiger partial charge in [-0.25, -0.2) is 5.06 Å². The van der Waals surface area contributed by atoms with Crippen molar-refractivity contribution < 1.29 is 14.4 Å². The zero-order valence-corrected chi connectivity index (χ0v) is 10.1. The second kappa shape index (κ2) is 5.21. The van der Waals surface area contributed by atoms with E-state index in [1.165, 1.54) is 0 Å². The quantitative estimate of drug-likeness (QED) is 0.601. The summed E-state index contributed by atoms with van der Waals surface area (Å²) in [5.41, 5.74) is 2.03. The maximum atomic E-state index is 11.0. The molecule has 5 heteroatoms. The highest BCUT2D eigenvalue weighted by atomic mass is 35.5. The van der Waals surface area contributed by atoms with Crippen molar-refractivity contribution in [2.24, 2.45) is 0 Å². The van der Waals surface area contributed by atoms with E-state index in [0.29, 0.717) is 13.2 Å². The summed E-state index contributed by atoms with van der Waals surface area (Å²) in [6.45, 7) is 0.703. The molecule has 17 heavy (non-hydrogen) atoms. The van der Waals surface area contributed by atoms with Gasteiger partial charge in [-0.3, -0.25) is 9.63 Å². The molecule has 4 nitrogen and oxygen atoms in total. The van der Waals surface area contributed by atoms with Crippen LogP contribution in [0.1, 0.15) is 5.56 Å². The van der Waals surface area contributed by atoms with Crippen LogP contribution in [0.2, 0.25) is 0 Å². The van der Waals surface area contributed by atoms with Crippen LogP contribution in [0, 0.1) is 0 Å². The molecule has 1 aromatic rings. The number of halogens is 1. The molecule has 1 heterocycles. The average molecular weight is 254 g/mol. The summed E-state index contributed by atoms with van der Waals surface area (Å²) in [5, 5.41) is 0.533. The lowest BCUT2D eigenvalue weighted by atomic mass is 10.1. The number of nitrogens with zero attached hydrogens (tertiary/aromatic N) is 1. The van der Waals surface area contributed by atoms with E-state index >= 15 is 0 Å². The number of rotatable bonds is 2. The van der Waals surface area contributed by atoms with Gasteiger partial charge in [-0.05, 0) is 34.9 Å². The molecular formula is C12H12ClNO3. The van der Waals surface area contributed by atoms with Gasteiger partial charge in [0.2, 0.25) is 0 Å².